The summed E-state index contributed by atoms with van der Waals surface area (Å²) in [5, 5.41) is 3.27. The van der Waals surface area contributed by atoms with Crippen LogP contribution in [-0.2, 0) is 11.2 Å². The maximum atomic E-state index is 12.6. The van der Waals surface area contributed by atoms with Gasteiger partial charge in [-0.1, -0.05) is 36.4 Å². The summed E-state index contributed by atoms with van der Waals surface area (Å²) in [5.74, 6) is 1.16. The van der Waals surface area contributed by atoms with Gasteiger partial charge in [-0.05, 0) is 42.5 Å². The van der Waals surface area contributed by atoms with Gasteiger partial charge in [0.2, 0.25) is 5.91 Å². The molecular weight excluding hydrogens is 316 g/mol. The van der Waals surface area contributed by atoms with Crippen LogP contribution < -0.4 is 10.2 Å². The molecule has 1 N–H and O–H groups in total. The van der Waals surface area contributed by atoms with Crippen LogP contribution in [0.15, 0.2) is 53.4 Å². The molecule has 0 fully saturated rings. The summed E-state index contributed by atoms with van der Waals surface area (Å²) in [6.07, 6.45) is 3.31. The van der Waals surface area contributed by atoms with Crippen LogP contribution in [0.2, 0.25) is 0 Å². The van der Waals surface area contributed by atoms with Gasteiger partial charge in [-0.25, -0.2) is 0 Å². The largest absolute Gasteiger partial charge is 0.360 e. The molecule has 2 aromatic rings. The predicted molar refractivity (Wildman–Crippen MR) is 99.6 cm³/mol. The molecule has 1 amide bonds. The fourth-order valence-corrected chi connectivity index (χ4v) is 4.76. The molecule has 3 nitrogen and oxygen atoms in total. The summed E-state index contributed by atoms with van der Waals surface area (Å²) in [7, 11) is 0. The minimum Gasteiger partial charge on any atom is -0.360 e. The van der Waals surface area contributed by atoms with Gasteiger partial charge in [0.25, 0.3) is 0 Å². The zero-order valence-corrected chi connectivity index (χ0v) is 14.5. The third-order valence-electron chi connectivity index (χ3n) is 4.86. The van der Waals surface area contributed by atoms with Crippen LogP contribution in [0.4, 0.5) is 5.69 Å². The van der Waals surface area contributed by atoms with Crippen LogP contribution in [0.3, 0.4) is 0 Å². The number of fused-ring (bicyclic) bond motifs is 2. The topological polar surface area (TPSA) is 32.3 Å². The van der Waals surface area contributed by atoms with Gasteiger partial charge in [-0.15, -0.1) is 11.8 Å². The normalized spacial score (nSPS) is 19.3. The average molecular weight is 338 g/mol. The van der Waals surface area contributed by atoms with E-state index in [0.29, 0.717) is 6.54 Å². The number of hydrogen-bond acceptors (Lipinski definition) is 3. The standard InChI is InChI=1S/C20H22N2OS/c23-20(14-22-12-13-24-19-11-4-3-10-18(19)22)21-17-9-5-7-15-6-1-2-8-16(15)17/h1-4,6,8,10-11,17H,5,7,9,12-14H2,(H,21,23)/t17-/m1/s1. The number of para-hydroxylation sites is 1. The number of rotatable bonds is 3. The summed E-state index contributed by atoms with van der Waals surface area (Å²) < 4.78 is 0. The molecule has 0 spiro atoms. The van der Waals surface area contributed by atoms with Crippen molar-refractivity contribution in [2.45, 2.75) is 30.2 Å². The number of hydrogen-bond donors (Lipinski definition) is 1. The molecule has 1 heterocycles. The summed E-state index contributed by atoms with van der Waals surface area (Å²) in [6, 6.07) is 17.0. The first-order valence-corrected chi connectivity index (χ1v) is 9.64. The van der Waals surface area contributed by atoms with Gasteiger partial charge in [0, 0.05) is 17.2 Å². The van der Waals surface area contributed by atoms with Gasteiger partial charge < -0.3 is 10.2 Å². The Kier molecular flexibility index (Phi) is 4.48. The minimum absolute atomic E-state index is 0.124. The van der Waals surface area contributed by atoms with Crippen LogP contribution in [-0.4, -0.2) is 24.7 Å². The van der Waals surface area contributed by atoms with Crippen LogP contribution in [0.25, 0.3) is 0 Å². The molecule has 0 bridgehead atoms. The zero-order valence-electron chi connectivity index (χ0n) is 13.7. The van der Waals surface area contributed by atoms with E-state index in [1.54, 1.807) is 0 Å². The van der Waals surface area contributed by atoms with Crippen LogP contribution in [0.5, 0.6) is 0 Å². The smallest absolute Gasteiger partial charge is 0.240 e. The van der Waals surface area contributed by atoms with E-state index in [0.717, 1.165) is 31.6 Å². The molecule has 1 aliphatic heterocycles. The summed E-state index contributed by atoms with van der Waals surface area (Å²) in [6.45, 7) is 1.37. The van der Waals surface area contributed by atoms with Gasteiger partial charge in [-0.3, -0.25) is 4.79 Å². The molecule has 4 rings (SSSR count). The van der Waals surface area contributed by atoms with E-state index >= 15 is 0 Å². The molecule has 0 saturated heterocycles. The number of aryl methyl sites for hydroxylation is 1. The zero-order chi connectivity index (χ0) is 16.4. The van der Waals surface area contributed by atoms with E-state index in [1.165, 1.54) is 21.7 Å². The molecule has 2 aliphatic rings. The van der Waals surface area contributed by atoms with E-state index in [9.17, 15) is 4.79 Å². The lowest BCUT2D eigenvalue weighted by atomic mass is 9.88. The lowest BCUT2D eigenvalue weighted by Gasteiger charge is -2.32. The van der Waals surface area contributed by atoms with Crippen molar-refractivity contribution in [3.63, 3.8) is 0 Å². The third-order valence-corrected chi connectivity index (χ3v) is 5.91. The van der Waals surface area contributed by atoms with Crippen LogP contribution in [0, 0.1) is 0 Å². The molecule has 124 valence electrons. The van der Waals surface area contributed by atoms with Gasteiger partial charge in [0.1, 0.15) is 0 Å². The first-order valence-electron chi connectivity index (χ1n) is 8.65. The van der Waals surface area contributed by atoms with Crippen LogP contribution >= 0.6 is 11.8 Å². The minimum atomic E-state index is 0.124. The second-order valence-electron chi connectivity index (χ2n) is 6.45. The van der Waals surface area contributed by atoms with Crippen molar-refractivity contribution >= 4 is 23.4 Å². The van der Waals surface area contributed by atoms with Crippen LogP contribution in [0.1, 0.15) is 30.0 Å². The Morgan fingerprint density at radius 2 is 2.00 bits per heavy atom. The SMILES string of the molecule is O=C(CN1CCSc2ccccc21)N[C@@H]1CCCc2ccccc21. The van der Waals surface area contributed by atoms with Gasteiger partial charge >= 0.3 is 0 Å². The van der Waals surface area contributed by atoms with E-state index in [1.807, 2.05) is 17.8 Å². The highest BCUT2D eigenvalue weighted by Gasteiger charge is 2.24. The number of carbonyl (C=O) groups excluding carboxylic acids is 1. The number of nitrogens with one attached hydrogen (secondary N) is 1. The quantitative estimate of drug-likeness (QED) is 0.924. The molecule has 24 heavy (non-hydrogen) atoms. The van der Waals surface area contributed by atoms with E-state index < -0.39 is 0 Å². The van der Waals surface area contributed by atoms with Crippen molar-refractivity contribution in [1.82, 2.24) is 5.32 Å². The number of anilines is 1. The second-order valence-corrected chi connectivity index (χ2v) is 7.59. The molecular formula is C20H22N2OS. The monoisotopic (exact) mass is 338 g/mol. The maximum Gasteiger partial charge on any atom is 0.240 e. The maximum absolute atomic E-state index is 12.6. The Balaban J connectivity index is 1.45. The highest BCUT2D eigenvalue weighted by atomic mass is 32.2. The summed E-state index contributed by atoms with van der Waals surface area (Å²) in [4.78, 5) is 16.1. The fraction of sp³-hybridized carbons (Fsp3) is 0.350. The molecule has 0 aromatic heterocycles. The average Bonchev–Trinajstić information content (AvgIpc) is 2.62. The first-order chi connectivity index (χ1) is 11.8. The van der Waals surface area contributed by atoms with Gasteiger partial charge in [0.15, 0.2) is 0 Å². The fourth-order valence-electron chi connectivity index (χ4n) is 3.71. The molecule has 0 saturated carbocycles. The highest BCUT2D eigenvalue weighted by Crippen LogP contribution is 2.34. The number of nitrogens with zero attached hydrogens (tertiary/aromatic N) is 1. The second kappa shape index (κ2) is 6.89. The van der Waals surface area contributed by atoms with Crippen molar-refractivity contribution < 1.29 is 4.79 Å². The number of amides is 1. The van der Waals surface area contributed by atoms with E-state index in [4.69, 9.17) is 0 Å². The summed E-state index contributed by atoms with van der Waals surface area (Å²) in [5.41, 5.74) is 3.87. The molecule has 0 radical (unpaired) electrons. The van der Waals surface area contributed by atoms with Crippen molar-refractivity contribution in [2.24, 2.45) is 0 Å². The molecule has 1 aliphatic carbocycles. The number of carbonyl (C=O) groups is 1. The van der Waals surface area contributed by atoms with Gasteiger partial charge in [0.05, 0.1) is 18.3 Å². The van der Waals surface area contributed by atoms with E-state index in [2.05, 4.69) is 52.7 Å². The first kappa shape index (κ1) is 15.6. The number of thioether (sulfide) groups is 1. The van der Waals surface area contributed by atoms with Crippen molar-refractivity contribution in [1.29, 1.82) is 0 Å². The Labute approximate surface area is 147 Å². The predicted octanol–water partition coefficient (Wildman–Crippen LogP) is 3.79. The molecule has 4 heteroatoms. The third kappa shape index (κ3) is 3.16. The molecule has 2 aromatic carbocycles. The molecule has 1 atom stereocenters. The van der Waals surface area contributed by atoms with Crippen molar-refractivity contribution in [3.05, 3.63) is 59.7 Å². The summed E-state index contributed by atoms with van der Waals surface area (Å²) >= 11 is 1.87. The highest BCUT2D eigenvalue weighted by molar-refractivity contribution is 7.99. The molecule has 0 unspecified atom stereocenters. The van der Waals surface area contributed by atoms with Gasteiger partial charge in [-0.2, -0.15) is 0 Å². The lowest BCUT2D eigenvalue weighted by Crippen LogP contribution is -2.41. The Hall–Kier alpha value is -1.94. The van der Waals surface area contributed by atoms with Crippen molar-refractivity contribution in [3.8, 4) is 0 Å². The Bertz CT molecular complexity index is 684. The number of benzene rings is 2. The Morgan fingerprint density at radius 3 is 2.96 bits per heavy atom. The Morgan fingerprint density at radius 1 is 1.17 bits per heavy atom. The van der Waals surface area contributed by atoms with E-state index in [-0.39, 0.29) is 11.9 Å². The lowest BCUT2D eigenvalue weighted by molar-refractivity contribution is -0.120. The van der Waals surface area contributed by atoms with Crippen molar-refractivity contribution in [2.75, 3.05) is 23.7 Å².